The van der Waals surface area contributed by atoms with E-state index in [9.17, 15) is 22.0 Å². The Balaban J connectivity index is 1.69. The van der Waals surface area contributed by atoms with Crippen LogP contribution in [0.1, 0.15) is 29.8 Å². The third-order valence-corrected chi connectivity index (χ3v) is 7.72. The molecule has 2 fully saturated rings. The fourth-order valence-corrected chi connectivity index (χ4v) is 5.79. The van der Waals surface area contributed by atoms with Gasteiger partial charge in [-0.15, -0.1) is 0 Å². The van der Waals surface area contributed by atoms with Crippen molar-refractivity contribution in [2.45, 2.75) is 36.3 Å². The van der Waals surface area contributed by atoms with E-state index in [4.69, 9.17) is 10.1 Å². The van der Waals surface area contributed by atoms with Gasteiger partial charge in [-0.25, -0.2) is 30.9 Å². The highest BCUT2D eigenvalue weighted by atomic mass is 32.2. The van der Waals surface area contributed by atoms with E-state index < -0.39 is 62.1 Å². The van der Waals surface area contributed by atoms with Gasteiger partial charge in [-0.1, -0.05) is 6.08 Å². The lowest BCUT2D eigenvalue weighted by Crippen LogP contribution is -2.72. The topological polar surface area (TPSA) is 124 Å². The lowest BCUT2D eigenvalue weighted by molar-refractivity contribution is 0.00619. The number of carbonyl (C=O) groups excluding carboxylic acids is 1. The second kappa shape index (κ2) is 7.89. The van der Waals surface area contributed by atoms with Crippen molar-refractivity contribution in [1.82, 2.24) is 19.9 Å². The third kappa shape index (κ3) is 3.54. The van der Waals surface area contributed by atoms with Crippen LogP contribution < -0.4 is 10.6 Å². The van der Waals surface area contributed by atoms with E-state index in [0.29, 0.717) is 18.7 Å². The van der Waals surface area contributed by atoms with E-state index in [-0.39, 0.29) is 25.0 Å². The molecule has 13 heteroatoms. The number of rotatable bonds is 3. The lowest BCUT2D eigenvalue weighted by atomic mass is 9.80. The first kappa shape index (κ1) is 22.3. The number of ether oxygens (including phenoxy) is 1. The quantitative estimate of drug-likeness (QED) is 0.611. The molecule has 0 bridgehead atoms. The third-order valence-electron chi connectivity index (χ3n) is 5.69. The van der Waals surface area contributed by atoms with Crippen molar-refractivity contribution < 1.29 is 31.1 Å². The maximum Gasteiger partial charge on any atom is 0.273 e. The van der Waals surface area contributed by atoms with E-state index in [0.717, 1.165) is 4.31 Å². The summed E-state index contributed by atoms with van der Waals surface area (Å²) in [5, 5.41) is 13.3. The highest BCUT2D eigenvalue weighted by Crippen LogP contribution is 2.43. The van der Waals surface area contributed by atoms with Gasteiger partial charge in [0.05, 0.1) is 12.2 Å². The van der Waals surface area contributed by atoms with Gasteiger partial charge >= 0.3 is 0 Å². The Bertz CT molecular complexity index is 1160. The number of nitrogens with zero attached hydrogens (tertiary/aromatic N) is 2. The number of sulfonamides is 1. The van der Waals surface area contributed by atoms with Crippen molar-refractivity contribution in [3.05, 3.63) is 53.1 Å². The summed E-state index contributed by atoms with van der Waals surface area (Å²) in [6.45, 7) is 0.142. The number of pyridine rings is 1. The Labute approximate surface area is 181 Å². The van der Waals surface area contributed by atoms with Crippen LogP contribution in [0.5, 0.6) is 0 Å². The summed E-state index contributed by atoms with van der Waals surface area (Å²) in [5.41, 5.74) is -3.77. The first-order valence-corrected chi connectivity index (χ1v) is 11.2. The molecule has 0 radical (unpaired) electrons. The van der Waals surface area contributed by atoms with E-state index in [1.54, 1.807) is 0 Å². The Morgan fingerprint density at radius 2 is 2.16 bits per heavy atom. The number of carbonyl (C=O) groups is 1. The number of guanidine groups is 1. The Kier molecular flexibility index (Phi) is 5.49. The zero-order chi connectivity index (χ0) is 23.3. The summed E-state index contributed by atoms with van der Waals surface area (Å²) in [6.07, 6.45) is 3.78. The molecule has 2 unspecified atom stereocenters. The SMILES string of the molecule is CN1C(=N)N[C@@]2(C3=CC(NC(=O)c4ncc(F)cc4F)CC=C3F)CCCOC2S1(=O)=O. The van der Waals surface area contributed by atoms with Crippen molar-refractivity contribution in [3.8, 4) is 0 Å². The first-order valence-electron chi connectivity index (χ1n) is 9.72. The van der Waals surface area contributed by atoms with Crippen molar-refractivity contribution in [2.24, 2.45) is 0 Å². The number of nitrogens with one attached hydrogen (secondary N) is 3. The van der Waals surface area contributed by atoms with E-state index in [1.807, 2.05) is 0 Å². The van der Waals surface area contributed by atoms with Crippen LogP contribution in [0.2, 0.25) is 0 Å². The summed E-state index contributed by atoms with van der Waals surface area (Å²) in [4.78, 5) is 15.9. The van der Waals surface area contributed by atoms with Crippen molar-refractivity contribution in [1.29, 1.82) is 5.41 Å². The Morgan fingerprint density at radius 3 is 2.88 bits per heavy atom. The van der Waals surface area contributed by atoms with Gasteiger partial charge in [0, 0.05) is 25.3 Å². The van der Waals surface area contributed by atoms with Gasteiger partial charge < -0.3 is 15.4 Å². The van der Waals surface area contributed by atoms with Crippen LogP contribution >= 0.6 is 0 Å². The number of hydrogen-bond acceptors (Lipinski definition) is 6. The van der Waals surface area contributed by atoms with Crippen molar-refractivity contribution >= 4 is 21.9 Å². The highest BCUT2D eigenvalue weighted by molar-refractivity contribution is 7.90. The van der Waals surface area contributed by atoms with E-state index >= 15 is 4.39 Å². The number of amides is 1. The highest BCUT2D eigenvalue weighted by Gasteiger charge is 2.58. The number of halogens is 3. The minimum Gasteiger partial charge on any atom is -0.358 e. The van der Waals surface area contributed by atoms with Crippen molar-refractivity contribution in [2.75, 3.05) is 13.7 Å². The predicted molar refractivity (Wildman–Crippen MR) is 107 cm³/mol. The molecule has 1 aliphatic carbocycles. The smallest absolute Gasteiger partial charge is 0.273 e. The zero-order valence-electron chi connectivity index (χ0n) is 16.9. The molecular weight excluding hydrogens is 451 g/mol. The molecule has 1 aromatic heterocycles. The molecule has 3 N–H and O–H groups in total. The maximum atomic E-state index is 15.0. The van der Waals surface area contributed by atoms with Gasteiger partial charge in [-0.05, 0) is 25.3 Å². The molecule has 3 aliphatic rings. The predicted octanol–water partition coefficient (Wildman–Crippen LogP) is 1.32. The minimum atomic E-state index is -4.13. The summed E-state index contributed by atoms with van der Waals surface area (Å²) in [5.74, 6) is -4.19. The Hall–Kier alpha value is -2.93. The lowest BCUT2D eigenvalue weighted by Gasteiger charge is -2.51. The minimum absolute atomic E-state index is 0.00951. The second-order valence-electron chi connectivity index (χ2n) is 7.70. The van der Waals surface area contributed by atoms with Gasteiger partial charge in [0.15, 0.2) is 11.5 Å². The standard InChI is InChI=1S/C19H20F3N5O4S/c1-27-18(23)26-19(5-2-6-31-17(19)32(27,29)30)12-8-11(3-4-13(12)21)25-16(28)15-14(22)7-10(20)9-24-15/h4,7-9,11,17H,2-3,5-6H2,1H3,(H2,23,26)(H,25,28)/t11?,17?,19-/m1/s1. The van der Waals surface area contributed by atoms with Crippen LogP contribution in [-0.2, 0) is 14.8 Å². The van der Waals surface area contributed by atoms with Crippen LogP contribution in [0.15, 0.2) is 35.8 Å². The van der Waals surface area contributed by atoms with Gasteiger partial charge in [0.2, 0.25) is 11.4 Å². The molecule has 4 rings (SSSR count). The average Bonchev–Trinajstić information content (AvgIpc) is 2.73. The number of fused-ring (bicyclic) bond motifs is 1. The van der Waals surface area contributed by atoms with Crippen LogP contribution in [0.25, 0.3) is 0 Å². The monoisotopic (exact) mass is 471 g/mol. The van der Waals surface area contributed by atoms with Crippen LogP contribution in [0, 0.1) is 17.0 Å². The fourth-order valence-electron chi connectivity index (χ4n) is 4.12. The van der Waals surface area contributed by atoms with Gasteiger partial charge in [-0.2, -0.15) is 0 Å². The molecule has 2 aliphatic heterocycles. The molecule has 0 spiro atoms. The van der Waals surface area contributed by atoms with Gasteiger partial charge in [0.1, 0.15) is 17.2 Å². The number of hydrogen-bond donors (Lipinski definition) is 3. The van der Waals surface area contributed by atoms with Crippen LogP contribution in [0.3, 0.4) is 0 Å². The fraction of sp³-hybridized carbons (Fsp3) is 0.421. The van der Waals surface area contributed by atoms with Gasteiger partial charge in [-0.3, -0.25) is 10.2 Å². The summed E-state index contributed by atoms with van der Waals surface area (Å²) < 4.78 is 74.1. The molecule has 3 atom stereocenters. The summed E-state index contributed by atoms with van der Waals surface area (Å²) >= 11 is 0. The largest absolute Gasteiger partial charge is 0.358 e. The van der Waals surface area contributed by atoms with E-state index in [2.05, 4.69) is 15.6 Å². The molecular formula is C19H20F3N5O4S. The first-order chi connectivity index (χ1) is 15.1. The molecule has 2 saturated heterocycles. The molecule has 9 nitrogen and oxygen atoms in total. The zero-order valence-corrected chi connectivity index (χ0v) is 17.7. The number of aromatic nitrogens is 1. The molecule has 1 aromatic rings. The maximum absolute atomic E-state index is 15.0. The van der Waals surface area contributed by atoms with Crippen LogP contribution in [0.4, 0.5) is 13.2 Å². The van der Waals surface area contributed by atoms with Crippen LogP contribution in [-0.4, -0.2) is 60.2 Å². The van der Waals surface area contributed by atoms with Crippen molar-refractivity contribution in [3.63, 3.8) is 0 Å². The molecule has 172 valence electrons. The molecule has 1 amide bonds. The Morgan fingerprint density at radius 1 is 1.41 bits per heavy atom. The molecule has 0 aromatic carbocycles. The molecule has 0 saturated carbocycles. The van der Waals surface area contributed by atoms with Gasteiger partial charge in [0.25, 0.3) is 15.9 Å². The summed E-state index contributed by atoms with van der Waals surface area (Å²) in [7, 11) is -2.93. The summed E-state index contributed by atoms with van der Waals surface area (Å²) in [6, 6.07) is -0.315. The molecule has 32 heavy (non-hydrogen) atoms. The van der Waals surface area contributed by atoms with E-state index in [1.165, 1.54) is 19.2 Å². The average molecular weight is 471 g/mol. The molecule has 3 heterocycles. The second-order valence-corrected chi connectivity index (χ2v) is 9.70. The normalized spacial score (nSPS) is 29.4.